The molecule has 5 heteroatoms. The van der Waals surface area contributed by atoms with Gasteiger partial charge in [0.25, 0.3) is 0 Å². The lowest BCUT2D eigenvalue weighted by atomic mass is 9.98. The van der Waals surface area contributed by atoms with E-state index >= 15 is 0 Å². The van der Waals surface area contributed by atoms with E-state index in [-0.39, 0.29) is 17.8 Å². The molecule has 4 nitrogen and oxygen atoms in total. The summed E-state index contributed by atoms with van der Waals surface area (Å²) in [4.78, 5) is 10.4. The van der Waals surface area contributed by atoms with Crippen LogP contribution in [0, 0.1) is 0 Å². The first-order valence-electron chi connectivity index (χ1n) is 13.8. The fourth-order valence-corrected chi connectivity index (χ4v) is 5.62. The van der Waals surface area contributed by atoms with Crippen molar-refractivity contribution >= 4 is 17.4 Å². The third-order valence-corrected chi connectivity index (χ3v) is 7.70. The molecule has 0 bridgehead atoms. The molecule has 4 aromatic rings. The highest BCUT2D eigenvalue weighted by Gasteiger charge is 2.38. The predicted molar refractivity (Wildman–Crippen MR) is 161 cm³/mol. The molecular formula is C34H36ClN3O. The first kappa shape index (κ1) is 27.0. The van der Waals surface area contributed by atoms with Crippen LogP contribution in [0.3, 0.4) is 0 Å². The lowest BCUT2D eigenvalue weighted by molar-refractivity contribution is 0.174. The van der Waals surface area contributed by atoms with Crippen LogP contribution >= 0.6 is 11.6 Å². The van der Waals surface area contributed by atoms with Gasteiger partial charge in [-0.1, -0.05) is 122 Å². The third-order valence-electron chi connectivity index (χ3n) is 7.35. The van der Waals surface area contributed by atoms with Gasteiger partial charge in [-0.3, -0.25) is 9.89 Å². The molecule has 200 valence electrons. The average molecular weight is 538 g/mol. The fraction of sp³-hybridized carbons (Fsp3) is 0.265. The Morgan fingerprint density at radius 1 is 0.846 bits per heavy atom. The summed E-state index contributed by atoms with van der Waals surface area (Å²) in [6.07, 6.45) is 2.23. The number of nitrogens with zero attached hydrogens (tertiary/aromatic N) is 3. The van der Waals surface area contributed by atoms with Crippen LogP contribution in [0.4, 0.5) is 0 Å². The van der Waals surface area contributed by atoms with Crippen LogP contribution in [-0.4, -0.2) is 39.9 Å². The van der Waals surface area contributed by atoms with Crippen molar-refractivity contribution < 1.29 is 5.11 Å². The molecule has 2 atom stereocenters. The number of amidine groups is 1. The molecule has 0 radical (unpaired) electrons. The maximum Gasteiger partial charge on any atom is 0.131 e. The van der Waals surface area contributed by atoms with Crippen molar-refractivity contribution in [3.8, 4) is 5.75 Å². The molecule has 1 heterocycles. The van der Waals surface area contributed by atoms with Crippen molar-refractivity contribution in [2.75, 3.05) is 13.1 Å². The summed E-state index contributed by atoms with van der Waals surface area (Å²) in [5, 5.41) is 10.5. The molecule has 0 fully saturated rings. The summed E-state index contributed by atoms with van der Waals surface area (Å²) >= 11 is 6.60. The molecule has 0 spiro atoms. The lowest BCUT2D eigenvalue weighted by Crippen LogP contribution is -2.45. The molecule has 1 aliphatic heterocycles. The van der Waals surface area contributed by atoms with Crippen LogP contribution in [-0.2, 0) is 13.1 Å². The van der Waals surface area contributed by atoms with E-state index in [0.717, 1.165) is 49.4 Å². The van der Waals surface area contributed by atoms with Gasteiger partial charge in [-0.15, -0.1) is 0 Å². The van der Waals surface area contributed by atoms with E-state index in [1.54, 1.807) is 12.1 Å². The number of aliphatic imine (C=N–C) groups is 1. The summed E-state index contributed by atoms with van der Waals surface area (Å²) in [6, 6.07) is 37.3. The number of phenolic OH excluding ortho intramolecular Hbond substituents is 1. The summed E-state index contributed by atoms with van der Waals surface area (Å²) in [7, 11) is 0. The largest absolute Gasteiger partial charge is 0.508 e. The summed E-state index contributed by atoms with van der Waals surface area (Å²) in [5.74, 6) is 1.26. The van der Waals surface area contributed by atoms with Gasteiger partial charge in [0.2, 0.25) is 0 Å². The van der Waals surface area contributed by atoms with Crippen LogP contribution in [0.1, 0.15) is 48.1 Å². The Morgan fingerprint density at radius 3 is 2.18 bits per heavy atom. The van der Waals surface area contributed by atoms with Gasteiger partial charge in [-0.25, -0.2) is 0 Å². The number of unbranched alkanes of at least 4 members (excludes halogenated alkanes) is 1. The standard InChI is InChI=1S/C34H36ClN3O/c1-2-3-21-38-32(33(27-15-9-5-10-16-27)36-34(38)28-17-11-6-12-18-28)25-37(23-26-13-7-4-8-14-26)24-29-19-20-30(39)22-31(29)35/h4-20,22,32-33,39H,2-3,21,23-25H2,1H3. The first-order chi connectivity index (χ1) is 19.1. The van der Waals surface area contributed by atoms with Gasteiger partial charge in [-0.2, -0.15) is 0 Å². The highest BCUT2D eigenvalue weighted by molar-refractivity contribution is 6.31. The number of phenols is 1. The summed E-state index contributed by atoms with van der Waals surface area (Å²) in [6.45, 7) is 5.48. The highest BCUT2D eigenvalue weighted by Crippen LogP contribution is 2.35. The first-order valence-corrected chi connectivity index (χ1v) is 14.2. The minimum Gasteiger partial charge on any atom is -0.508 e. The number of benzene rings is 4. The van der Waals surface area contributed by atoms with Gasteiger partial charge in [0, 0.05) is 36.8 Å². The monoisotopic (exact) mass is 537 g/mol. The second-order valence-electron chi connectivity index (χ2n) is 10.2. The Kier molecular flexibility index (Phi) is 8.97. The van der Waals surface area contributed by atoms with Crippen molar-refractivity contribution in [3.05, 3.63) is 136 Å². The molecule has 0 aliphatic carbocycles. The van der Waals surface area contributed by atoms with Crippen LogP contribution in [0.15, 0.2) is 114 Å². The Hall–Kier alpha value is -3.60. The van der Waals surface area contributed by atoms with Gasteiger partial charge in [0.05, 0.1) is 12.1 Å². The maximum atomic E-state index is 9.93. The van der Waals surface area contributed by atoms with Gasteiger partial charge in [0.15, 0.2) is 0 Å². The summed E-state index contributed by atoms with van der Waals surface area (Å²) < 4.78 is 0. The van der Waals surface area contributed by atoms with Gasteiger partial charge < -0.3 is 10.0 Å². The fourth-order valence-electron chi connectivity index (χ4n) is 5.39. The van der Waals surface area contributed by atoms with Crippen LogP contribution in [0.25, 0.3) is 0 Å². The smallest absolute Gasteiger partial charge is 0.131 e. The third kappa shape index (κ3) is 6.70. The zero-order valence-electron chi connectivity index (χ0n) is 22.5. The van der Waals surface area contributed by atoms with E-state index in [9.17, 15) is 5.11 Å². The normalized spacial score (nSPS) is 17.0. The minimum absolute atomic E-state index is 0.0202. The van der Waals surface area contributed by atoms with Crippen molar-refractivity contribution in [1.82, 2.24) is 9.80 Å². The number of aromatic hydroxyl groups is 1. The van der Waals surface area contributed by atoms with E-state index in [0.29, 0.717) is 11.6 Å². The highest BCUT2D eigenvalue weighted by atomic mass is 35.5. The van der Waals surface area contributed by atoms with Crippen molar-refractivity contribution in [2.24, 2.45) is 4.99 Å². The quantitative estimate of drug-likeness (QED) is 0.213. The zero-order valence-corrected chi connectivity index (χ0v) is 23.2. The lowest BCUT2D eigenvalue weighted by Gasteiger charge is -2.35. The number of hydrogen-bond acceptors (Lipinski definition) is 4. The Labute approximate surface area is 237 Å². The minimum atomic E-state index is 0.0202. The molecule has 1 aliphatic rings. The van der Waals surface area contributed by atoms with Crippen molar-refractivity contribution in [2.45, 2.75) is 44.9 Å². The van der Waals surface area contributed by atoms with Gasteiger partial charge in [-0.05, 0) is 35.2 Å². The molecule has 0 aromatic heterocycles. The zero-order chi connectivity index (χ0) is 27.0. The SMILES string of the molecule is CCCCN1C(c2ccccc2)=NC(c2ccccc2)C1CN(Cc1ccccc1)Cc1ccc(O)cc1Cl. The summed E-state index contributed by atoms with van der Waals surface area (Å²) in [5.41, 5.74) is 4.65. The number of hydrogen-bond donors (Lipinski definition) is 1. The van der Waals surface area contributed by atoms with Gasteiger partial charge in [0.1, 0.15) is 11.6 Å². The van der Waals surface area contributed by atoms with E-state index in [1.807, 2.05) is 6.07 Å². The van der Waals surface area contributed by atoms with Crippen LogP contribution in [0.2, 0.25) is 5.02 Å². The van der Waals surface area contributed by atoms with E-state index < -0.39 is 0 Å². The molecule has 1 N–H and O–H groups in total. The van der Waals surface area contributed by atoms with Crippen molar-refractivity contribution in [3.63, 3.8) is 0 Å². The molecule has 4 aromatic carbocycles. The number of rotatable bonds is 11. The van der Waals surface area contributed by atoms with Crippen LogP contribution in [0.5, 0.6) is 5.75 Å². The Bertz CT molecular complexity index is 1360. The Morgan fingerprint density at radius 2 is 1.51 bits per heavy atom. The molecule has 0 saturated carbocycles. The van der Waals surface area contributed by atoms with E-state index in [4.69, 9.17) is 16.6 Å². The number of halogens is 1. The predicted octanol–water partition coefficient (Wildman–Crippen LogP) is 7.72. The topological polar surface area (TPSA) is 39.1 Å². The molecular weight excluding hydrogens is 502 g/mol. The molecule has 5 rings (SSSR count). The second kappa shape index (κ2) is 13.0. The van der Waals surface area contributed by atoms with E-state index in [2.05, 4.69) is 108 Å². The molecule has 39 heavy (non-hydrogen) atoms. The maximum absolute atomic E-state index is 9.93. The average Bonchev–Trinajstić information content (AvgIpc) is 3.32. The Balaban J connectivity index is 1.52. The second-order valence-corrected chi connectivity index (χ2v) is 10.6. The molecule has 0 saturated heterocycles. The van der Waals surface area contributed by atoms with Crippen molar-refractivity contribution in [1.29, 1.82) is 0 Å². The van der Waals surface area contributed by atoms with E-state index in [1.165, 1.54) is 11.1 Å². The van der Waals surface area contributed by atoms with Crippen LogP contribution < -0.4 is 0 Å². The van der Waals surface area contributed by atoms with Gasteiger partial charge >= 0.3 is 0 Å². The molecule has 0 amide bonds. The molecule has 2 unspecified atom stereocenters.